The molecular weight excluding hydrogens is 260 g/mol. The van der Waals surface area contributed by atoms with E-state index in [0.29, 0.717) is 19.4 Å². The van der Waals surface area contributed by atoms with Gasteiger partial charge in [-0.2, -0.15) is 0 Å². The molecule has 20 heavy (non-hydrogen) atoms. The Morgan fingerprint density at radius 3 is 2.35 bits per heavy atom. The van der Waals surface area contributed by atoms with Crippen LogP contribution in [-0.2, 0) is 14.4 Å². The van der Waals surface area contributed by atoms with Gasteiger partial charge in [0.1, 0.15) is 6.04 Å². The standard InChI is InChI=1S/C14H24N2O4/c1-3-8-15-12(18)10(2)16-11(17)9-14(13(19)20)6-4-5-7-14/h10H,3-9H2,1-2H3,(H,15,18)(H,16,17)(H,19,20). The summed E-state index contributed by atoms with van der Waals surface area (Å²) in [7, 11) is 0. The minimum Gasteiger partial charge on any atom is -0.481 e. The first kappa shape index (κ1) is 16.5. The van der Waals surface area contributed by atoms with Crippen LogP contribution in [-0.4, -0.2) is 35.5 Å². The molecule has 3 N–H and O–H groups in total. The first-order chi connectivity index (χ1) is 9.41. The van der Waals surface area contributed by atoms with Gasteiger partial charge >= 0.3 is 5.97 Å². The van der Waals surface area contributed by atoms with Gasteiger partial charge < -0.3 is 15.7 Å². The zero-order valence-electron chi connectivity index (χ0n) is 12.2. The maximum absolute atomic E-state index is 11.9. The highest BCUT2D eigenvalue weighted by Crippen LogP contribution is 2.41. The molecule has 1 rings (SSSR count). The molecule has 1 fully saturated rings. The van der Waals surface area contributed by atoms with Crippen LogP contribution in [0.25, 0.3) is 0 Å². The Balaban J connectivity index is 2.50. The lowest BCUT2D eigenvalue weighted by atomic mass is 9.82. The van der Waals surface area contributed by atoms with Gasteiger partial charge in [-0.3, -0.25) is 14.4 Å². The van der Waals surface area contributed by atoms with Gasteiger partial charge in [0.15, 0.2) is 0 Å². The minimum atomic E-state index is -0.941. The Kier molecular flexibility index (Phi) is 5.98. The van der Waals surface area contributed by atoms with Crippen LogP contribution < -0.4 is 10.6 Å². The number of hydrogen-bond donors (Lipinski definition) is 3. The van der Waals surface area contributed by atoms with Gasteiger partial charge in [-0.15, -0.1) is 0 Å². The monoisotopic (exact) mass is 284 g/mol. The number of nitrogens with one attached hydrogen (secondary N) is 2. The van der Waals surface area contributed by atoms with Crippen LogP contribution in [0.1, 0.15) is 52.4 Å². The van der Waals surface area contributed by atoms with E-state index in [0.717, 1.165) is 19.3 Å². The summed E-state index contributed by atoms with van der Waals surface area (Å²) in [5, 5.41) is 14.6. The van der Waals surface area contributed by atoms with Crippen LogP contribution in [0.5, 0.6) is 0 Å². The summed E-state index contributed by atoms with van der Waals surface area (Å²) in [4.78, 5) is 34.9. The average molecular weight is 284 g/mol. The largest absolute Gasteiger partial charge is 0.481 e. The van der Waals surface area contributed by atoms with Gasteiger partial charge in [-0.05, 0) is 26.2 Å². The Morgan fingerprint density at radius 1 is 1.25 bits per heavy atom. The lowest BCUT2D eigenvalue weighted by Gasteiger charge is -2.24. The molecule has 0 saturated heterocycles. The van der Waals surface area contributed by atoms with Crippen molar-refractivity contribution in [1.82, 2.24) is 10.6 Å². The van der Waals surface area contributed by atoms with E-state index in [1.165, 1.54) is 0 Å². The third-order valence-corrected chi connectivity index (χ3v) is 3.83. The lowest BCUT2D eigenvalue weighted by Crippen LogP contribution is -2.46. The molecule has 0 aromatic heterocycles. The van der Waals surface area contributed by atoms with Gasteiger partial charge in [0.2, 0.25) is 11.8 Å². The van der Waals surface area contributed by atoms with Crippen molar-refractivity contribution >= 4 is 17.8 Å². The van der Waals surface area contributed by atoms with Crippen LogP contribution in [0, 0.1) is 5.41 Å². The van der Waals surface area contributed by atoms with E-state index in [2.05, 4.69) is 10.6 Å². The molecule has 1 atom stereocenters. The molecule has 1 aliphatic rings. The number of hydrogen-bond acceptors (Lipinski definition) is 3. The van der Waals surface area contributed by atoms with E-state index in [1.807, 2.05) is 6.92 Å². The third kappa shape index (κ3) is 4.21. The molecular formula is C14H24N2O4. The maximum Gasteiger partial charge on any atom is 0.310 e. The topological polar surface area (TPSA) is 95.5 Å². The van der Waals surface area contributed by atoms with Gasteiger partial charge in [-0.1, -0.05) is 19.8 Å². The number of carbonyl (C=O) groups is 3. The predicted molar refractivity (Wildman–Crippen MR) is 74.1 cm³/mol. The summed E-state index contributed by atoms with van der Waals surface area (Å²) in [5.74, 6) is -1.52. The highest BCUT2D eigenvalue weighted by atomic mass is 16.4. The second kappa shape index (κ2) is 7.26. The first-order valence-electron chi connectivity index (χ1n) is 7.22. The molecule has 1 unspecified atom stereocenters. The van der Waals surface area contributed by atoms with Crippen molar-refractivity contribution in [3.05, 3.63) is 0 Å². The van der Waals surface area contributed by atoms with Crippen molar-refractivity contribution in [2.75, 3.05) is 6.54 Å². The fourth-order valence-corrected chi connectivity index (χ4v) is 2.58. The highest BCUT2D eigenvalue weighted by Gasteiger charge is 2.43. The smallest absolute Gasteiger partial charge is 0.310 e. The van der Waals surface area contributed by atoms with E-state index in [1.54, 1.807) is 6.92 Å². The van der Waals surface area contributed by atoms with Crippen LogP contribution in [0.15, 0.2) is 0 Å². The Morgan fingerprint density at radius 2 is 1.85 bits per heavy atom. The summed E-state index contributed by atoms with van der Waals surface area (Å²) in [6.07, 6.45) is 3.53. The molecule has 1 saturated carbocycles. The molecule has 1 aliphatic carbocycles. The van der Waals surface area contributed by atoms with Gasteiger partial charge in [-0.25, -0.2) is 0 Å². The highest BCUT2D eigenvalue weighted by molar-refractivity contribution is 5.89. The first-order valence-corrected chi connectivity index (χ1v) is 7.22. The fraction of sp³-hybridized carbons (Fsp3) is 0.786. The second-order valence-electron chi connectivity index (χ2n) is 5.55. The van der Waals surface area contributed by atoms with E-state index in [-0.39, 0.29) is 18.2 Å². The molecule has 0 aromatic rings. The Bertz CT molecular complexity index is 375. The molecule has 114 valence electrons. The van der Waals surface area contributed by atoms with E-state index < -0.39 is 17.4 Å². The summed E-state index contributed by atoms with van der Waals surface area (Å²) >= 11 is 0. The fourth-order valence-electron chi connectivity index (χ4n) is 2.58. The van der Waals surface area contributed by atoms with Crippen molar-refractivity contribution in [3.63, 3.8) is 0 Å². The van der Waals surface area contributed by atoms with Crippen molar-refractivity contribution in [3.8, 4) is 0 Å². The maximum atomic E-state index is 11.9. The predicted octanol–water partition coefficient (Wildman–Crippen LogP) is 1.05. The van der Waals surface area contributed by atoms with Crippen LogP contribution in [0.4, 0.5) is 0 Å². The quantitative estimate of drug-likeness (QED) is 0.651. The molecule has 0 aliphatic heterocycles. The Labute approximate surface area is 119 Å². The van der Waals surface area contributed by atoms with Crippen LogP contribution in [0.2, 0.25) is 0 Å². The molecule has 6 heteroatoms. The van der Waals surface area contributed by atoms with E-state index in [9.17, 15) is 19.5 Å². The average Bonchev–Trinajstić information content (AvgIpc) is 2.85. The van der Waals surface area contributed by atoms with E-state index >= 15 is 0 Å². The summed E-state index contributed by atoms with van der Waals surface area (Å²) in [6.45, 7) is 4.11. The normalized spacial score (nSPS) is 18.3. The zero-order valence-corrected chi connectivity index (χ0v) is 12.2. The Hall–Kier alpha value is -1.59. The molecule has 0 bridgehead atoms. The summed E-state index contributed by atoms with van der Waals surface area (Å²) in [5.41, 5.74) is -0.941. The number of carbonyl (C=O) groups excluding carboxylic acids is 2. The molecule has 2 amide bonds. The zero-order chi connectivity index (χ0) is 15.2. The van der Waals surface area contributed by atoms with Crippen LogP contribution >= 0.6 is 0 Å². The second-order valence-corrected chi connectivity index (χ2v) is 5.55. The number of carboxylic acids is 1. The van der Waals surface area contributed by atoms with Gasteiger partial charge in [0.25, 0.3) is 0 Å². The number of aliphatic carboxylic acids is 1. The van der Waals surface area contributed by atoms with Gasteiger partial charge in [0, 0.05) is 13.0 Å². The minimum absolute atomic E-state index is 0.0479. The summed E-state index contributed by atoms with van der Waals surface area (Å²) < 4.78 is 0. The number of amides is 2. The molecule has 0 radical (unpaired) electrons. The molecule has 0 spiro atoms. The molecule has 0 heterocycles. The number of carboxylic acid groups (broad SMARTS) is 1. The number of rotatable bonds is 7. The lowest BCUT2D eigenvalue weighted by molar-refractivity contribution is -0.151. The molecule has 0 aromatic carbocycles. The summed E-state index contributed by atoms with van der Waals surface area (Å²) in [6, 6.07) is -0.638. The van der Waals surface area contributed by atoms with Gasteiger partial charge in [0.05, 0.1) is 5.41 Å². The van der Waals surface area contributed by atoms with Crippen LogP contribution in [0.3, 0.4) is 0 Å². The third-order valence-electron chi connectivity index (χ3n) is 3.83. The van der Waals surface area contributed by atoms with Crippen molar-refractivity contribution in [2.45, 2.75) is 58.4 Å². The molecule has 6 nitrogen and oxygen atoms in total. The SMILES string of the molecule is CCCNC(=O)C(C)NC(=O)CC1(C(=O)O)CCCC1. The van der Waals surface area contributed by atoms with Crippen molar-refractivity contribution in [2.24, 2.45) is 5.41 Å². The van der Waals surface area contributed by atoms with E-state index in [4.69, 9.17) is 0 Å². The van der Waals surface area contributed by atoms with Crippen molar-refractivity contribution in [1.29, 1.82) is 0 Å². The van der Waals surface area contributed by atoms with Crippen molar-refractivity contribution < 1.29 is 19.5 Å².